The van der Waals surface area contributed by atoms with Gasteiger partial charge in [0.15, 0.2) is 0 Å². The van der Waals surface area contributed by atoms with Gasteiger partial charge in [-0.3, -0.25) is 23.5 Å². The molecule has 0 bridgehead atoms. The summed E-state index contributed by atoms with van der Waals surface area (Å²) in [7, 11) is -3.04. The van der Waals surface area contributed by atoms with E-state index in [0.29, 0.717) is 44.1 Å². The fourth-order valence-corrected chi connectivity index (χ4v) is 7.34. The quantitative estimate of drug-likeness (QED) is 0.109. The summed E-state index contributed by atoms with van der Waals surface area (Å²) in [4.78, 5) is 65.1. The van der Waals surface area contributed by atoms with Crippen molar-refractivity contribution in [3.63, 3.8) is 0 Å². The fraction of sp³-hybridized carbons (Fsp3) is 0.514. The van der Waals surface area contributed by atoms with Crippen LogP contribution in [0.4, 0.5) is 4.79 Å². The van der Waals surface area contributed by atoms with E-state index in [4.69, 9.17) is 13.8 Å². The van der Waals surface area contributed by atoms with Crippen molar-refractivity contribution in [2.45, 2.75) is 95.8 Å². The third-order valence-corrected chi connectivity index (χ3v) is 10.6. The van der Waals surface area contributed by atoms with E-state index in [9.17, 15) is 33.6 Å². The number of nitrogens with zero attached hydrogens (tertiary/aromatic N) is 1. The first-order chi connectivity index (χ1) is 24.0. The first-order valence-electron chi connectivity index (χ1n) is 17.0. The molecule has 1 saturated heterocycles. The van der Waals surface area contributed by atoms with Gasteiger partial charge in [-0.15, -0.1) is 0 Å². The monoisotopic (exact) mass is 716 g/mol. The highest BCUT2D eigenvalue weighted by atomic mass is 31.2. The highest BCUT2D eigenvalue weighted by Gasteiger charge is 2.43. The molecular weight excluding hydrogens is 667 g/mol. The smallest absolute Gasteiger partial charge is 0.407 e. The van der Waals surface area contributed by atoms with Crippen LogP contribution in [-0.2, 0) is 39.3 Å². The third kappa shape index (κ3) is 12.3. The zero-order valence-electron chi connectivity index (χ0n) is 28.9. The number of benzene rings is 2. The number of unbranched alkanes of at least 4 members (excludes halogenated alkanes) is 2. The third-order valence-electron chi connectivity index (χ3n) is 8.31. The molecule has 1 fully saturated rings. The molecular formula is C35H49N4O10P. The summed E-state index contributed by atoms with van der Waals surface area (Å²) in [5.74, 6) is -4.05. The van der Waals surface area contributed by atoms with Crippen molar-refractivity contribution in [3.8, 4) is 0 Å². The Balaban J connectivity index is 1.67. The minimum absolute atomic E-state index is 0.128. The van der Waals surface area contributed by atoms with Crippen LogP contribution in [0.15, 0.2) is 60.7 Å². The number of carbonyl (C=O) groups excluding carboxylic acids is 4. The first-order valence-corrected chi connectivity index (χ1v) is 18.6. The highest BCUT2D eigenvalue weighted by Crippen LogP contribution is 2.54. The number of ether oxygens (including phenoxy) is 1. The molecule has 0 radical (unpaired) electrons. The lowest BCUT2D eigenvalue weighted by molar-refractivity contribution is -0.151. The standard InChI is InChI=1S/C35H49N4O10P/c1-4-5-21-30(50(46,47-3)49-25(2)33(42)39-23-14-20-29(39)34(43)44)38-32(41)28(37-31(40)27-17-10-7-11-18-27)19-12-13-22-36-35(45)48-24-26-15-8-6-9-16-26/h6-11,15-18,25,28-30H,4-5,12-14,19-24H2,1-3H3,(H,36,45)(H,37,40)(H,38,41)(H,43,44)/t25?,28-,29-,30-,50?/m0/s1. The molecule has 2 aromatic rings. The van der Waals surface area contributed by atoms with Gasteiger partial charge in [-0.25, -0.2) is 9.59 Å². The van der Waals surface area contributed by atoms with Gasteiger partial charge in [-0.1, -0.05) is 68.3 Å². The molecule has 0 saturated carbocycles. The number of hydrogen-bond acceptors (Lipinski definition) is 9. The van der Waals surface area contributed by atoms with Crippen LogP contribution in [0, 0.1) is 0 Å². The van der Waals surface area contributed by atoms with Crippen LogP contribution in [-0.4, -0.2) is 84.0 Å². The molecule has 4 amide bonds. The Morgan fingerprint density at radius 2 is 1.64 bits per heavy atom. The van der Waals surface area contributed by atoms with Crippen molar-refractivity contribution in [2.75, 3.05) is 20.2 Å². The van der Waals surface area contributed by atoms with Crippen LogP contribution in [0.5, 0.6) is 0 Å². The molecule has 1 aliphatic heterocycles. The van der Waals surface area contributed by atoms with Crippen LogP contribution in [0.2, 0.25) is 0 Å². The maximum absolute atomic E-state index is 14.2. The van der Waals surface area contributed by atoms with Gasteiger partial charge in [0.1, 0.15) is 30.6 Å². The Hall–Kier alpha value is -4.26. The number of amides is 4. The van der Waals surface area contributed by atoms with Crippen LogP contribution >= 0.6 is 7.60 Å². The van der Waals surface area contributed by atoms with Crippen molar-refractivity contribution in [1.29, 1.82) is 0 Å². The van der Waals surface area contributed by atoms with Crippen molar-refractivity contribution >= 4 is 37.4 Å². The number of aliphatic carboxylic acids is 1. The molecule has 2 unspecified atom stereocenters. The molecule has 3 rings (SSSR count). The van der Waals surface area contributed by atoms with Gasteiger partial charge in [0.05, 0.1) is 0 Å². The van der Waals surface area contributed by atoms with Gasteiger partial charge in [0, 0.05) is 25.8 Å². The number of carboxylic acid groups (broad SMARTS) is 1. The summed E-state index contributed by atoms with van der Waals surface area (Å²) in [5, 5.41) is 17.7. The van der Waals surface area contributed by atoms with Crippen LogP contribution in [0.3, 0.4) is 0 Å². The lowest BCUT2D eigenvalue weighted by atomic mass is 10.1. The number of rotatable bonds is 20. The van der Waals surface area contributed by atoms with Gasteiger partial charge in [-0.05, 0) is 63.1 Å². The number of carbonyl (C=O) groups is 5. The summed E-state index contributed by atoms with van der Waals surface area (Å²) >= 11 is 0. The number of carboxylic acids is 1. The van der Waals surface area contributed by atoms with Crippen LogP contribution < -0.4 is 16.0 Å². The molecule has 0 spiro atoms. The Morgan fingerprint density at radius 1 is 0.960 bits per heavy atom. The highest BCUT2D eigenvalue weighted by molar-refractivity contribution is 7.54. The molecule has 1 aliphatic rings. The second kappa shape index (κ2) is 20.4. The zero-order chi connectivity index (χ0) is 36.5. The minimum Gasteiger partial charge on any atom is -0.480 e. The lowest BCUT2D eigenvalue weighted by Gasteiger charge is -2.31. The number of nitrogens with one attached hydrogen (secondary N) is 3. The maximum atomic E-state index is 14.2. The molecule has 1 heterocycles. The largest absolute Gasteiger partial charge is 0.480 e. The normalized spacial score (nSPS) is 17.1. The topological polar surface area (TPSA) is 190 Å². The molecule has 0 aliphatic carbocycles. The van der Waals surface area contributed by atoms with E-state index >= 15 is 0 Å². The zero-order valence-corrected chi connectivity index (χ0v) is 29.8. The molecule has 0 aromatic heterocycles. The second-order valence-electron chi connectivity index (χ2n) is 12.0. The molecule has 14 nitrogen and oxygen atoms in total. The maximum Gasteiger partial charge on any atom is 0.407 e. The second-order valence-corrected chi connectivity index (χ2v) is 14.3. The molecule has 274 valence electrons. The summed E-state index contributed by atoms with van der Waals surface area (Å²) in [6, 6.07) is 15.6. The Kier molecular flexibility index (Phi) is 16.4. The fourth-order valence-electron chi connectivity index (χ4n) is 5.54. The van der Waals surface area contributed by atoms with Gasteiger partial charge in [-0.2, -0.15) is 0 Å². The van der Waals surface area contributed by atoms with Gasteiger partial charge in [0.25, 0.3) is 11.8 Å². The van der Waals surface area contributed by atoms with Crippen molar-refractivity contribution in [1.82, 2.24) is 20.9 Å². The van der Waals surface area contributed by atoms with E-state index in [-0.39, 0.29) is 32.5 Å². The van der Waals surface area contributed by atoms with Gasteiger partial charge < -0.3 is 35.2 Å². The average molecular weight is 717 g/mol. The van der Waals surface area contributed by atoms with E-state index in [1.54, 1.807) is 30.3 Å². The summed E-state index contributed by atoms with van der Waals surface area (Å²) in [6.07, 6.45) is 1.40. The van der Waals surface area contributed by atoms with Crippen molar-refractivity contribution in [2.24, 2.45) is 0 Å². The summed E-state index contributed by atoms with van der Waals surface area (Å²) in [5.41, 5.74) is 1.20. The van der Waals surface area contributed by atoms with Crippen molar-refractivity contribution < 1.29 is 47.4 Å². The van der Waals surface area contributed by atoms with Gasteiger partial charge >= 0.3 is 19.7 Å². The molecule has 50 heavy (non-hydrogen) atoms. The Morgan fingerprint density at radius 3 is 2.28 bits per heavy atom. The molecule has 5 atom stereocenters. The Labute approximate surface area is 293 Å². The minimum atomic E-state index is -4.20. The SMILES string of the molecule is CCCC[C@@H](NC(=O)[C@H](CCCCNC(=O)OCc1ccccc1)NC(=O)c1ccccc1)P(=O)(OC)OC(C)C(=O)N1CCC[C@H]1C(=O)O. The van der Waals surface area contributed by atoms with E-state index < -0.39 is 61.4 Å². The number of likely N-dealkylation sites (tertiary alicyclic amines) is 1. The lowest BCUT2D eigenvalue weighted by Crippen LogP contribution is -2.50. The predicted octanol–water partition coefficient (Wildman–Crippen LogP) is 4.83. The van der Waals surface area contributed by atoms with E-state index in [2.05, 4.69) is 16.0 Å². The Bertz CT molecular complexity index is 1460. The number of hydrogen-bond donors (Lipinski definition) is 4. The summed E-state index contributed by atoms with van der Waals surface area (Å²) in [6.45, 7) is 3.91. The van der Waals surface area contributed by atoms with Crippen molar-refractivity contribution in [3.05, 3.63) is 71.8 Å². The molecule has 2 aromatic carbocycles. The molecule has 15 heteroatoms. The number of alkyl carbamates (subject to hydrolysis) is 1. The average Bonchev–Trinajstić information content (AvgIpc) is 3.62. The van der Waals surface area contributed by atoms with E-state index in [0.717, 1.165) is 12.7 Å². The van der Waals surface area contributed by atoms with E-state index in [1.807, 2.05) is 37.3 Å². The van der Waals surface area contributed by atoms with Crippen LogP contribution in [0.1, 0.15) is 81.1 Å². The predicted molar refractivity (Wildman–Crippen MR) is 185 cm³/mol. The van der Waals surface area contributed by atoms with Gasteiger partial charge in [0.2, 0.25) is 5.91 Å². The van der Waals surface area contributed by atoms with E-state index in [1.165, 1.54) is 11.8 Å². The first kappa shape index (κ1) is 40.2. The van der Waals surface area contributed by atoms with Crippen LogP contribution in [0.25, 0.3) is 0 Å². The molecule has 4 N–H and O–H groups in total. The summed E-state index contributed by atoms with van der Waals surface area (Å²) < 4.78 is 30.5.